The third kappa shape index (κ3) is 3.84. The predicted molar refractivity (Wildman–Crippen MR) is 111 cm³/mol. The summed E-state index contributed by atoms with van der Waals surface area (Å²) in [5.74, 6) is 0.469. The van der Waals surface area contributed by atoms with Gasteiger partial charge in [0.2, 0.25) is 0 Å². The highest BCUT2D eigenvalue weighted by atomic mass is 127. The fourth-order valence-corrected chi connectivity index (χ4v) is 5.20. The highest BCUT2D eigenvalue weighted by molar-refractivity contribution is 14.1. The SMILES string of the molecule is N#Cc1c(N2CCOCC2)sc(-c2nnc[nH]2)c1-c1ccc(C(F)(F)F)cc1I. The third-order valence-electron chi connectivity index (χ3n) is 4.50. The van der Waals surface area contributed by atoms with Crippen LogP contribution in [-0.4, -0.2) is 41.5 Å². The molecule has 0 amide bonds. The molecular weight excluding hydrogens is 518 g/mol. The molecule has 0 bridgehead atoms. The van der Waals surface area contributed by atoms with Crippen molar-refractivity contribution in [3.05, 3.63) is 39.2 Å². The van der Waals surface area contributed by atoms with Crippen molar-refractivity contribution >= 4 is 38.9 Å². The number of halogens is 4. The number of benzene rings is 1. The molecule has 0 unspecified atom stereocenters. The number of morpholine rings is 1. The smallest absolute Gasteiger partial charge is 0.378 e. The Morgan fingerprint density at radius 1 is 1.28 bits per heavy atom. The standard InChI is InChI=1S/C18H13F3IN5OS/c19-18(20,21)10-1-2-11(13(22)7-10)14-12(8-23)17(27-3-5-28-6-4-27)29-15(14)16-24-9-25-26-16/h1-2,7,9H,3-6H2,(H,24,25,26). The third-order valence-corrected chi connectivity index (χ3v) is 6.65. The summed E-state index contributed by atoms with van der Waals surface area (Å²) in [6.45, 7) is 2.37. The number of anilines is 1. The van der Waals surface area contributed by atoms with Gasteiger partial charge in [-0.3, -0.25) is 0 Å². The molecule has 4 rings (SSSR count). The minimum atomic E-state index is -4.43. The van der Waals surface area contributed by atoms with Crippen LogP contribution >= 0.6 is 33.9 Å². The van der Waals surface area contributed by atoms with Gasteiger partial charge in [0.15, 0.2) is 5.82 Å². The molecule has 3 heterocycles. The number of nitrogens with zero attached hydrogens (tertiary/aromatic N) is 4. The van der Waals surface area contributed by atoms with E-state index in [2.05, 4.69) is 26.2 Å². The first kappa shape index (κ1) is 20.1. The summed E-state index contributed by atoms with van der Waals surface area (Å²) in [7, 11) is 0. The molecule has 150 valence electrons. The van der Waals surface area contributed by atoms with E-state index in [4.69, 9.17) is 4.74 Å². The van der Waals surface area contributed by atoms with Crippen LogP contribution in [0.3, 0.4) is 0 Å². The van der Waals surface area contributed by atoms with E-state index in [9.17, 15) is 18.4 Å². The summed E-state index contributed by atoms with van der Waals surface area (Å²) in [6.07, 6.45) is -3.01. The molecule has 1 aromatic carbocycles. The summed E-state index contributed by atoms with van der Waals surface area (Å²) >= 11 is 3.25. The molecule has 0 spiro atoms. The van der Waals surface area contributed by atoms with Gasteiger partial charge in [0.1, 0.15) is 17.4 Å². The molecule has 1 N–H and O–H groups in total. The number of alkyl halides is 3. The molecule has 3 aromatic rings. The molecule has 1 aliphatic rings. The van der Waals surface area contributed by atoms with Crippen molar-refractivity contribution in [2.24, 2.45) is 0 Å². The number of ether oxygens (including phenoxy) is 1. The van der Waals surface area contributed by atoms with Gasteiger partial charge in [-0.25, -0.2) is 0 Å². The Hall–Kier alpha value is -2.17. The Labute approximate surface area is 181 Å². The summed E-state index contributed by atoms with van der Waals surface area (Å²) in [5.41, 5.74) is 0.807. The lowest BCUT2D eigenvalue weighted by molar-refractivity contribution is -0.137. The number of thiophene rings is 1. The van der Waals surface area contributed by atoms with Gasteiger partial charge in [-0.2, -0.15) is 18.4 Å². The van der Waals surface area contributed by atoms with Crippen LogP contribution in [0, 0.1) is 14.9 Å². The minimum Gasteiger partial charge on any atom is -0.378 e. The van der Waals surface area contributed by atoms with Gasteiger partial charge in [0.25, 0.3) is 0 Å². The van der Waals surface area contributed by atoms with Gasteiger partial charge < -0.3 is 14.6 Å². The van der Waals surface area contributed by atoms with E-state index < -0.39 is 11.7 Å². The van der Waals surface area contributed by atoms with Gasteiger partial charge in [0.05, 0.1) is 29.2 Å². The van der Waals surface area contributed by atoms with Gasteiger partial charge in [0, 0.05) is 22.2 Å². The number of rotatable bonds is 3. The normalized spacial score (nSPS) is 14.8. The fraction of sp³-hybridized carbons (Fsp3) is 0.278. The van der Waals surface area contributed by atoms with E-state index in [1.807, 2.05) is 22.6 Å². The lowest BCUT2D eigenvalue weighted by Gasteiger charge is -2.27. The maximum Gasteiger partial charge on any atom is 0.416 e. The molecule has 29 heavy (non-hydrogen) atoms. The maximum atomic E-state index is 13.1. The number of hydrogen-bond donors (Lipinski definition) is 1. The van der Waals surface area contributed by atoms with E-state index >= 15 is 0 Å². The summed E-state index contributed by atoms with van der Waals surface area (Å²) in [4.78, 5) is 5.67. The molecule has 0 saturated carbocycles. The number of hydrogen-bond acceptors (Lipinski definition) is 6. The fourth-order valence-electron chi connectivity index (χ4n) is 3.15. The molecule has 1 aliphatic heterocycles. The Kier molecular flexibility index (Phi) is 5.50. The van der Waals surface area contributed by atoms with E-state index in [1.165, 1.54) is 23.7 Å². The second-order valence-corrected chi connectivity index (χ2v) is 8.39. The number of nitrogens with one attached hydrogen (secondary N) is 1. The summed E-state index contributed by atoms with van der Waals surface area (Å²) in [5, 5.41) is 18.6. The van der Waals surface area contributed by atoms with E-state index in [1.54, 1.807) is 0 Å². The van der Waals surface area contributed by atoms with Crippen LogP contribution in [-0.2, 0) is 10.9 Å². The molecule has 11 heteroatoms. The minimum absolute atomic E-state index is 0.404. The highest BCUT2D eigenvalue weighted by Gasteiger charge is 2.32. The van der Waals surface area contributed by atoms with E-state index in [0.29, 0.717) is 57.3 Å². The van der Waals surface area contributed by atoms with Crippen LogP contribution < -0.4 is 4.90 Å². The number of aromatic amines is 1. The second-order valence-electron chi connectivity index (χ2n) is 6.23. The first-order chi connectivity index (χ1) is 13.9. The van der Waals surface area contributed by atoms with Crippen molar-refractivity contribution in [1.82, 2.24) is 15.2 Å². The Morgan fingerprint density at radius 3 is 2.62 bits per heavy atom. The van der Waals surface area contributed by atoms with Crippen molar-refractivity contribution in [2.75, 3.05) is 31.2 Å². The number of nitriles is 1. The molecule has 1 fully saturated rings. The molecule has 6 nitrogen and oxygen atoms in total. The largest absolute Gasteiger partial charge is 0.416 e. The average molecular weight is 531 g/mol. The zero-order valence-corrected chi connectivity index (χ0v) is 17.7. The van der Waals surface area contributed by atoms with Gasteiger partial charge in [-0.05, 0) is 40.3 Å². The van der Waals surface area contributed by atoms with E-state index in [0.717, 1.165) is 17.1 Å². The van der Waals surface area contributed by atoms with Crippen molar-refractivity contribution < 1.29 is 17.9 Å². The maximum absolute atomic E-state index is 13.1. The number of H-pyrrole nitrogens is 1. The van der Waals surface area contributed by atoms with E-state index in [-0.39, 0.29) is 0 Å². The molecule has 2 aromatic heterocycles. The molecular formula is C18H13F3IN5OS. The Morgan fingerprint density at radius 2 is 2.03 bits per heavy atom. The van der Waals surface area contributed by atoms with Crippen molar-refractivity contribution in [2.45, 2.75) is 6.18 Å². The predicted octanol–water partition coefficient (Wildman–Crippen LogP) is 4.53. The zero-order chi connectivity index (χ0) is 20.6. The lowest BCUT2D eigenvalue weighted by atomic mass is 9.99. The van der Waals surface area contributed by atoms with Crippen LogP contribution in [0.25, 0.3) is 21.8 Å². The van der Waals surface area contributed by atoms with Crippen LogP contribution in [0.15, 0.2) is 24.5 Å². The topological polar surface area (TPSA) is 77.8 Å². The summed E-state index contributed by atoms with van der Waals surface area (Å²) < 4.78 is 45.1. The summed E-state index contributed by atoms with van der Waals surface area (Å²) in [6, 6.07) is 5.80. The first-order valence-corrected chi connectivity index (χ1v) is 10.4. The van der Waals surface area contributed by atoms with Crippen molar-refractivity contribution in [1.29, 1.82) is 5.26 Å². The zero-order valence-electron chi connectivity index (χ0n) is 14.8. The van der Waals surface area contributed by atoms with Crippen LogP contribution in [0.4, 0.5) is 18.2 Å². The van der Waals surface area contributed by atoms with Gasteiger partial charge in [-0.1, -0.05) is 6.07 Å². The molecule has 1 saturated heterocycles. The van der Waals surface area contributed by atoms with Gasteiger partial charge in [-0.15, -0.1) is 21.5 Å². The lowest BCUT2D eigenvalue weighted by Crippen LogP contribution is -2.36. The second kappa shape index (κ2) is 7.92. The van der Waals surface area contributed by atoms with Crippen molar-refractivity contribution in [3.63, 3.8) is 0 Å². The molecule has 0 radical (unpaired) electrons. The monoisotopic (exact) mass is 531 g/mol. The Balaban J connectivity index is 1.92. The van der Waals surface area contributed by atoms with Gasteiger partial charge >= 0.3 is 6.18 Å². The van der Waals surface area contributed by atoms with Crippen LogP contribution in [0.5, 0.6) is 0 Å². The molecule has 0 atom stereocenters. The highest BCUT2D eigenvalue weighted by Crippen LogP contribution is 2.48. The quantitative estimate of drug-likeness (QED) is 0.503. The van der Waals surface area contributed by atoms with Crippen molar-refractivity contribution in [3.8, 4) is 27.9 Å². The number of aromatic nitrogens is 3. The average Bonchev–Trinajstić information content (AvgIpc) is 3.35. The Bertz CT molecular complexity index is 1070. The van der Waals surface area contributed by atoms with Crippen LogP contribution in [0.1, 0.15) is 11.1 Å². The first-order valence-electron chi connectivity index (χ1n) is 8.53. The van der Waals surface area contributed by atoms with Crippen LogP contribution in [0.2, 0.25) is 0 Å². The molecule has 0 aliphatic carbocycles.